The van der Waals surface area contributed by atoms with Crippen LogP contribution in [-0.4, -0.2) is 51.8 Å². The number of nitrogens with zero attached hydrogens (tertiary/aromatic N) is 1. The summed E-state index contributed by atoms with van der Waals surface area (Å²) in [6.07, 6.45) is -9.29. The Bertz CT molecular complexity index is 1750. The summed E-state index contributed by atoms with van der Waals surface area (Å²) in [4.78, 5) is 21.0. The molecule has 0 fully saturated rings. The summed E-state index contributed by atoms with van der Waals surface area (Å²) in [6.45, 7) is 2.11. The van der Waals surface area contributed by atoms with Crippen LogP contribution in [-0.2, 0) is 18.4 Å². The molecule has 5 rings (SSSR count). The van der Waals surface area contributed by atoms with Gasteiger partial charge in [0.05, 0.1) is 0 Å². The zero-order valence-electron chi connectivity index (χ0n) is 22.6. The third-order valence-electron chi connectivity index (χ3n) is 7.65. The van der Waals surface area contributed by atoms with Crippen molar-refractivity contribution in [3.05, 3.63) is 106 Å². The van der Waals surface area contributed by atoms with Crippen molar-refractivity contribution in [1.29, 1.82) is 0 Å². The molecule has 3 aromatic carbocycles. The van der Waals surface area contributed by atoms with Crippen molar-refractivity contribution in [2.24, 2.45) is 0 Å². The molecule has 1 amide bonds. The van der Waals surface area contributed by atoms with E-state index < -0.39 is 23.5 Å². The Morgan fingerprint density at radius 2 is 1.60 bits per heavy atom. The number of aromatic amines is 2. The lowest BCUT2D eigenvalue weighted by atomic mass is 9.90. The first kappa shape index (κ1) is 29.2. The Morgan fingerprint density at radius 3 is 2.31 bits per heavy atom. The smallest absolute Gasteiger partial charge is 0.369 e. The predicted molar refractivity (Wildman–Crippen MR) is 147 cm³/mol. The molecule has 0 spiro atoms. The molecule has 0 aliphatic rings. The van der Waals surface area contributed by atoms with Gasteiger partial charge in [0.1, 0.15) is 0 Å². The molecule has 5 nitrogen and oxygen atoms in total. The fraction of sp³-hybridized carbons (Fsp3) is 0.258. The maximum absolute atomic E-state index is 13.5. The topological polar surface area (TPSA) is 72.1 Å². The summed E-state index contributed by atoms with van der Waals surface area (Å²) < 4.78 is 81.1. The van der Waals surface area contributed by atoms with Gasteiger partial charge in [-0.15, -0.1) is 0 Å². The molecular weight excluding hydrogens is 560 g/mol. The van der Waals surface area contributed by atoms with Gasteiger partial charge in [0.15, 0.2) is 0 Å². The number of rotatable bonds is 7. The number of benzene rings is 3. The van der Waals surface area contributed by atoms with Gasteiger partial charge in [-0.1, -0.05) is 36.4 Å². The number of amides is 1. The first-order valence-electron chi connectivity index (χ1n) is 13.1. The zero-order chi connectivity index (χ0) is 30.4. The van der Waals surface area contributed by atoms with Gasteiger partial charge >= 0.3 is 12.4 Å². The SMILES string of the molecule is Cc1[nH]c2ccc(C(O)(C(F)(F)F)C(F)(F)F)cc2c1Cc1cccc(C(=O)N(C)CCc2c[nH]c3ccccc23)c1. The van der Waals surface area contributed by atoms with E-state index in [2.05, 4.69) is 9.97 Å². The number of para-hydroxylation sites is 1. The van der Waals surface area contributed by atoms with E-state index in [1.807, 2.05) is 30.5 Å². The van der Waals surface area contributed by atoms with E-state index in [4.69, 9.17) is 0 Å². The highest BCUT2D eigenvalue weighted by atomic mass is 19.4. The summed E-state index contributed by atoms with van der Waals surface area (Å²) in [5, 5.41) is 11.1. The minimum atomic E-state index is -5.99. The third-order valence-corrected chi connectivity index (χ3v) is 7.65. The van der Waals surface area contributed by atoms with E-state index in [1.165, 1.54) is 0 Å². The highest BCUT2D eigenvalue weighted by Gasteiger charge is 2.71. The Labute approximate surface area is 236 Å². The molecule has 2 aromatic heterocycles. The van der Waals surface area contributed by atoms with E-state index in [0.717, 1.165) is 28.6 Å². The zero-order valence-corrected chi connectivity index (χ0v) is 22.6. The monoisotopic (exact) mass is 587 g/mol. The van der Waals surface area contributed by atoms with Gasteiger partial charge < -0.3 is 20.0 Å². The average molecular weight is 588 g/mol. The first-order valence-corrected chi connectivity index (χ1v) is 13.1. The molecule has 220 valence electrons. The van der Waals surface area contributed by atoms with E-state index in [1.54, 1.807) is 43.1 Å². The van der Waals surface area contributed by atoms with Gasteiger partial charge in [0.25, 0.3) is 11.5 Å². The van der Waals surface area contributed by atoms with E-state index in [-0.39, 0.29) is 17.7 Å². The van der Waals surface area contributed by atoms with Crippen LogP contribution in [0.3, 0.4) is 0 Å². The Morgan fingerprint density at radius 1 is 0.881 bits per heavy atom. The van der Waals surface area contributed by atoms with Crippen LogP contribution in [0.1, 0.15) is 38.3 Å². The van der Waals surface area contributed by atoms with Crippen LogP contribution in [0.25, 0.3) is 21.8 Å². The number of carbonyl (C=O) groups is 1. The van der Waals surface area contributed by atoms with Crippen molar-refractivity contribution in [2.45, 2.75) is 37.7 Å². The van der Waals surface area contributed by atoms with Gasteiger partial charge in [-0.2, -0.15) is 26.3 Å². The molecule has 0 aliphatic heterocycles. The first-order chi connectivity index (χ1) is 19.7. The van der Waals surface area contributed by atoms with Gasteiger partial charge in [0, 0.05) is 58.4 Å². The number of aliphatic hydroxyl groups is 1. The number of aryl methyl sites for hydroxylation is 1. The molecule has 0 saturated carbocycles. The number of hydrogen-bond acceptors (Lipinski definition) is 2. The van der Waals surface area contributed by atoms with Crippen LogP contribution in [0.4, 0.5) is 26.3 Å². The van der Waals surface area contributed by atoms with Crippen molar-refractivity contribution >= 4 is 27.7 Å². The maximum atomic E-state index is 13.5. The number of alkyl halides is 6. The van der Waals surface area contributed by atoms with Crippen molar-refractivity contribution in [3.8, 4) is 0 Å². The van der Waals surface area contributed by atoms with Gasteiger partial charge in [-0.05, 0) is 66.8 Å². The minimum Gasteiger partial charge on any atom is -0.369 e. The van der Waals surface area contributed by atoms with Gasteiger partial charge in [-0.3, -0.25) is 4.79 Å². The Balaban J connectivity index is 1.39. The maximum Gasteiger partial charge on any atom is 0.430 e. The molecule has 0 radical (unpaired) electrons. The van der Waals surface area contributed by atoms with E-state index in [0.29, 0.717) is 46.9 Å². The van der Waals surface area contributed by atoms with Crippen molar-refractivity contribution in [1.82, 2.24) is 14.9 Å². The molecule has 3 N–H and O–H groups in total. The lowest BCUT2D eigenvalue weighted by Gasteiger charge is -2.32. The lowest BCUT2D eigenvalue weighted by molar-refractivity contribution is -0.376. The molecule has 2 heterocycles. The summed E-state index contributed by atoms with van der Waals surface area (Å²) in [5.41, 5.74) is -1.91. The van der Waals surface area contributed by atoms with Crippen LogP contribution in [0.5, 0.6) is 0 Å². The van der Waals surface area contributed by atoms with E-state index >= 15 is 0 Å². The predicted octanol–water partition coefficient (Wildman–Crippen LogP) is 7.18. The number of nitrogens with one attached hydrogen (secondary N) is 2. The lowest BCUT2D eigenvalue weighted by Crippen LogP contribution is -2.53. The Kier molecular flexibility index (Phi) is 7.34. The second-order valence-electron chi connectivity index (χ2n) is 10.4. The summed E-state index contributed by atoms with van der Waals surface area (Å²) in [5.74, 6) is -0.227. The number of fused-ring (bicyclic) bond motifs is 2. The quantitative estimate of drug-likeness (QED) is 0.177. The number of halogens is 6. The van der Waals surface area contributed by atoms with Crippen molar-refractivity contribution < 1.29 is 36.2 Å². The van der Waals surface area contributed by atoms with Crippen LogP contribution in [0.15, 0.2) is 72.9 Å². The minimum absolute atomic E-state index is 0.115. The fourth-order valence-electron chi connectivity index (χ4n) is 5.29. The largest absolute Gasteiger partial charge is 0.430 e. The highest BCUT2D eigenvalue weighted by Crippen LogP contribution is 2.50. The Hall–Kier alpha value is -4.25. The molecule has 42 heavy (non-hydrogen) atoms. The highest BCUT2D eigenvalue weighted by molar-refractivity contribution is 5.94. The second kappa shape index (κ2) is 10.5. The summed E-state index contributed by atoms with van der Waals surface area (Å²) >= 11 is 0. The molecule has 0 aliphatic carbocycles. The molecule has 5 aromatic rings. The molecule has 0 bridgehead atoms. The standard InChI is InChI=1S/C31H27F6N3O2/c1-18-24(25-16-22(10-11-27(25)39-18)29(42,30(32,33)34)31(35,36)37)15-19-6-5-7-20(14-19)28(41)40(2)13-12-21-17-38-26-9-4-3-8-23(21)26/h3-11,14,16-17,38-39,42H,12-13,15H2,1-2H3. The van der Waals surface area contributed by atoms with Gasteiger partial charge in [0.2, 0.25) is 0 Å². The van der Waals surface area contributed by atoms with E-state index in [9.17, 15) is 36.2 Å². The number of hydrogen-bond donors (Lipinski definition) is 3. The van der Waals surface area contributed by atoms with Crippen LogP contribution < -0.4 is 0 Å². The second-order valence-corrected chi connectivity index (χ2v) is 10.4. The third kappa shape index (κ3) is 5.13. The van der Waals surface area contributed by atoms with Crippen LogP contribution in [0, 0.1) is 6.92 Å². The summed E-state index contributed by atoms with van der Waals surface area (Å²) in [6, 6.07) is 17.0. The van der Waals surface area contributed by atoms with Crippen molar-refractivity contribution in [2.75, 3.05) is 13.6 Å². The molecule has 0 saturated heterocycles. The number of H-pyrrole nitrogens is 2. The van der Waals surface area contributed by atoms with Crippen LogP contribution in [0.2, 0.25) is 0 Å². The molecule has 0 atom stereocenters. The number of carbonyl (C=O) groups excluding carboxylic acids is 1. The molecule has 0 unspecified atom stereocenters. The summed E-state index contributed by atoms with van der Waals surface area (Å²) in [7, 11) is 1.69. The molecule has 11 heteroatoms. The number of likely N-dealkylation sites (N-methyl/N-ethyl adjacent to an activating group) is 1. The average Bonchev–Trinajstić information content (AvgIpc) is 3.49. The fourth-order valence-corrected chi connectivity index (χ4v) is 5.29. The molecular formula is C31H27F6N3O2. The van der Waals surface area contributed by atoms with Crippen molar-refractivity contribution in [3.63, 3.8) is 0 Å². The van der Waals surface area contributed by atoms with Crippen LogP contribution >= 0.6 is 0 Å². The van der Waals surface area contributed by atoms with Gasteiger partial charge in [-0.25, -0.2) is 0 Å². The number of aromatic nitrogens is 2. The normalized spacial score (nSPS) is 12.8.